The minimum absolute atomic E-state index is 0.0748. The van der Waals surface area contributed by atoms with Crippen molar-refractivity contribution in [3.63, 3.8) is 0 Å². The van der Waals surface area contributed by atoms with Crippen molar-refractivity contribution in [2.24, 2.45) is 0 Å². The van der Waals surface area contributed by atoms with Crippen LogP contribution in [0.3, 0.4) is 0 Å². The van der Waals surface area contributed by atoms with Crippen LogP contribution in [0, 0.1) is 13.8 Å². The van der Waals surface area contributed by atoms with Gasteiger partial charge >= 0.3 is 0 Å². The minimum atomic E-state index is -3.23. The van der Waals surface area contributed by atoms with E-state index in [2.05, 4.69) is 11.5 Å². The molecule has 0 saturated heterocycles. The lowest BCUT2D eigenvalue weighted by Crippen LogP contribution is -2.13. The van der Waals surface area contributed by atoms with Gasteiger partial charge in [-0.1, -0.05) is 6.92 Å². The lowest BCUT2D eigenvalue weighted by molar-refractivity contribution is 0.0920. The fraction of sp³-hybridized carbons (Fsp3) is 0.389. The van der Waals surface area contributed by atoms with E-state index in [1.807, 2.05) is 19.9 Å². The highest BCUT2D eigenvalue weighted by Crippen LogP contribution is 2.19. The normalized spacial score (nSPS) is 11.5. The number of ketones is 1. The first kappa shape index (κ1) is 18.3. The molecule has 0 saturated carbocycles. The highest BCUT2D eigenvalue weighted by molar-refractivity contribution is 7.90. The van der Waals surface area contributed by atoms with Crippen molar-refractivity contribution in [1.29, 1.82) is 0 Å². The van der Waals surface area contributed by atoms with E-state index in [1.165, 1.54) is 12.1 Å². The maximum Gasteiger partial charge on any atom is 0.202 e. The zero-order valence-electron chi connectivity index (χ0n) is 14.5. The fourth-order valence-electron chi connectivity index (χ4n) is 2.66. The molecule has 2 rings (SSSR count). The number of sulfone groups is 1. The second-order valence-corrected chi connectivity index (χ2v) is 7.91. The summed E-state index contributed by atoms with van der Waals surface area (Å²) in [5, 5.41) is 0. The van der Waals surface area contributed by atoms with Crippen molar-refractivity contribution in [3.8, 4) is 5.75 Å². The molecule has 0 aliphatic heterocycles. The van der Waals surface area contributed by atoms with E-state index in [1.54, 1.807) is 12.1 Å². The van der Waals surface area contributed by atoms with Gasteiger partial charge in [-0.15, -0.1) is 0 Å². The standard InChI is InChI=1S/C18H23NO4S/c1-5-10-19-13(2)11-17(14(19)3)18(20)12-23-15-6-8-16(9-7-15)24(4,21)22/h6-9,11H,5,10,12H2,1-4H3. The van der Waals surface area contributed by atoms with Gasteiger partial charge in [0.05, 0.1) is 4.90 Å². The second kappa shape index (κ2) is 7.21. The molecule has 0 fully saturated rings. The molecule has 24 heavy (non-hydrogen) atoms. The Hall–Kier alpha value is -2.08. The summed E-state index contributed by atoms with van der Waals surface area (Å²) in [6, 6.07) is 7.96. The van der Waals surface area contributed by atoms with Crippen molar-refractivity contribution in [2.75, 3.05) is 12.9 Å². The number of ether oxygens (including phenoxy) is 1. The molecule has 0 radical (unpaired) electrons. The van der Waals surface area contributed by atoms with E-state index < -0.39 is 9.84 Å². The zero-order valence-corrected chi connectivity index (χ0v) is 15.3. The van der Waals surface area contributed by atoms with Gasteiger partial charge in [0.15, 0.2) is 16.4 Å². The Morgan fingerprint density at radius 3 is 2.33 bits per heavy atom. The van der Waals surface area contributed by atoms with Crippen LogP contribution in [0.2, 0.25) is 0 Å². The van der Waals surface area contributed by atoms with Gasteiger partial charge in [-0.2, -0.15) is 0 Å². The van der Waals surface area contributed by atoms with Crippen LogP contribution in [0.1, 0.15) is 35.1 Å². The molecular formula is C18H23NO4S. The third-order valence-electron chi connectivity index (χ3n) is 3.94. The van der Waals surface area contributed by atoms with E-state index in [0.29, 0.717) is 11.3 Å². The molecule has 6 heteroatoms. The summed E-state index contributed by atoms with van der Waals surface area (Å²) in [5.74, 6) is 0.385. The maximum atomic E-state index is 12.4. The van der Waals surface area contributed by atoms with E-state index >= 15 is 0 Å². The lowest BCUT2D eigenvalue weighted by atomic mass is 10.1. The largest absolute Gasteiger partial charge is 0.485 e. The fourth-order valence-corrected chi connectivity index (χ4v) is 3.29. The predicted octanol–water partition coefficient (Wildman–Crippen LogP) is 3.18. The average Bonchev–Trinajstić information content (AvgIpc) is 2.81. The Bertz CT molecular complexity index is 833. The van der Waals surface area contributed by atoms with E-state index in [9.17, 15) is 13.2 Å². The van der Waals surface area contributed by atoms with Crippen LogP contribution in [-0.4, -0.2) is 31.6 Å². The number of hydrogen-bond acceptors (Lipinski definition) is 4. The first-order valence-electron chi connectivity index (χ1n) is 7.87. The third kappa shape index (κ3) is 4.06. The molecule has 0 atom stereocenters. The van der Waals surface area contributed by atoms with Gasteiger partial charge in [0.25, 0.3) is 0 Å². The highest BCUT2D eigenvalue weighted by Gasteiger charge is 2.16. The molecule has 0 unspecified atom stereocenters. The maximum absolute atomic E-state index is 12.4. The van der Waals surface area contributed by atoms with Gasteiger partial charge < -0.3 is 9.30 Å². The first-order chi connectivity index (χ1) is 11.2. The predicted molar refractivity (Wildman–Crippen MR) is 93.6 cm³/mol. The SMILES string of the molecule is CCCn1c(C)cc(C(=O)COc2ccc(S(C)(=O)=O)cc2)c1C. The number of benzene rings is 1. The molecule has 1 aromatic carbocycles. The van der Waals surface area contributed by atoms with Crippen LogP contribution in [0.4, 0.5) is 0 Å². The van der Waals surface area contributed by atoms with Crippen molar-refractivity contribution in [1.82, 2.24) is 4.57 Å². The molecule has 130 valence electrons. The number of carbonyl (C=O) groups excluding carboxylic acids is 1. The summed E-state index contributed by atoms with van der Waals surface area (Å²) in [5.41, 5.74) is 2.69. The molecule has 1 aromatic heterocycles. The molecule has 0 aliphatic carbocycles. The molecule has 0 spiro atoms. The van der Waals surface area contributed by atoms with Crippen LogP contribution >= 0.6 is 0 Å². The highest BCUT2D eigenvalue weighted by atomic mass is 32.2. The summed E-state index contributed by atoms with van der Waals surface area (Å²) in [6.45, 7) is 6.85. The Balaban J connectivity index is 2.07. The van der Waals surface area contributed by atoms with Gasteiger partial charge in [0.1, 0.15) is 5.75 Å². The number of rotatable bonds is 7. The molecule has 0 amide bonds. The van der Waals surface area contributed by atoms with E-state index in [0.717, 1.165) is 30.6 Å². The monoisotopic (exact) mass is 349 g/mol. The van der Waals surface area contributed by atoms with Gasteiger partial charge in [0, 0.05) is 29.8 Å². The first-order valence-corrected chi connectivity index (χ1v) is 9.76. The molecule has 1 heterocycles. The van der Waals surface area contributed by atoms with Crippen LogP contribution in [-0.2, 0) is 16.4 Å². The number of hydrogen-bond donors (Lipinski definition) is 0. The summed E-state index contributed by atoms with van der Waals surface area (Å²) >= 11 is 0. The molecule has 2 aromatic rings. The molecule has 5 nitrogen and oxygen atoms in total. The molecule has 0 bridgehead atoms. The third-order valence-corrected chi connectivity index (χ3v) is 5.07. The summed E-state index contributed by atoms with van der Waals surface area (Å²) in [6.07, 6.45) is 2.16. The minimum Gasteiger partial charge on any atom is -0.485 e. The van der Waals surface area contributed by atoms with E-state index in [4.69, 9.17) is 4.74 Å². The number of carbonyl (C=O) groups is 1. The number of nitrogens with zero attached hydrogens (tertiary/aromatic N) is 1. The summed E-state index contributed by atoms with van der Waals surface area (Å²) in [7, 11) is -3.23. The second-order valence-electron chi connectivity index (χ2n) is 5.89. The van der Waals surface area contributed by atoms with Crippen molar-refractivity contribution < 1.29 is 17.9 Å². The van der Waals surface area contributed by atoms with E-state index in [-0.39, 0.29) is 17.3 Å². The smallest absolute Gasteiger partial charge is 0.202 e. The van der Waals surface area contributed by atoms with Gasteiger partial charge in [-0.25, -0.2) is 8.42 Å². The molecular weight excluding hydrogens is 326 g/mol. The molecule has 0 aliphatic rings. The molecule has 0 N–H and O–H groups in total. The van der Waals surface area contributed by atoms with Crippen LogP contribution in [0.15, 0.2) is 35.2 Å². The van der Waals surface area contributed by atoms with Crippen molar-refractivity contribution in [2.45, 2.75) is 38.6 Å². The number of aryl methyl sites for hydroxylation is 1. The van der Waals surface area contributed by atoms with Crippen LogP contribution in [0.25, 0.3) is 0 Å². The number of aromatic nitrogens is 1. The quantitative estimate of drug-likeness (QED) is 0.720. The lowest BCUT2D eigenvalue weighted by Gasteiger charge is -2.08. The average molecular weight is 349 g/mol. The zero-order chi connectivity index (χ0) is 17.9. The Morgan fingerprint density at radius 2 is 1.79 bits per heavy atom. The van der Waals surface area contributed by atoms with Gasteiger partial charge in [-0.05, 0) is 50.6 Å². The number of Topliss-reactive ketones (excluding diaryl/α,β-unsaturated/α-hetero) is 1. The Morgan fingerprint density at radius 1 is 1.17 bits per heavy atom. The van der Waals surface area contributed by atoms with Crippen LogP contribution < -0.4 is 4.74 Å². The van der Waals surface area contributed by atoms with Gasteiger partial charge in [0.2, 0.25) is 5.78 Å². The van der Waals surface area contributed by atoms with Gasteiger partial charge in [-0.3, -0.25) is 4.79 Å². The van der Waals surface area contributed by atoms with Crippen LogP contribution in [0.5, 0.6) is 5.75 Å². The Kier molecular flexibility index (Phi) is 5.49. The Labute approximate surface area is 143 Å². The summed E-state index contributed by atoms with van der Waals surface area (Å²) < 4.78 is 30.5. The van der Waals surface area contributed by atoms with Crippen molar-refractivity contribution in [3.05, 3.63) is 47.3 Å². The topological polar surface area (TPSA) is 65.4 Å². The summed E-state index contributed by atoms with van der Waals surface area (Å²) in [4.78, 5) is 12.6. The van der Waals surface area contributed by atoms with Crippen molar-refractivity contribution >= 4 is 15.6 Å².